The zero-order valence-corrected chi connectivity index (χ0v) is 12.6. The van der Waals surface area contributed by atoms with Gasteiger partial charge in [0, 0.05) is 7.11 Å². The molecule has 17 heavy (non-hydrogen) atoms. The van der Waals surface area contributed by atoms with Gasteiger partial charge in [0.2, 0.25) is 0 Å². The predicted molar refractivity (Wildman–Crippen MR) is 72.7 cm³/mol. The van der Waals surface area contributed by atoms with E-state index in [4.69, 9.17) is 10.5 Å². The van der Waals surface area contributed by atoms with Crippen molar-refractivity contribution in [1.29, 1.82) is 0 Å². The summed E-state index contributed by atoms with van der Waals surface area (Å²) in [5.41, 5.74) is 7.38. The van der Waals surface area contributed by atoms with Gasteiger partial charge in [-0.25, -0.2) is 0 Å². The van der Waals surface area contributed by atoms with E-state index in [-0.39, 0.29) is 6.04 Å². The molecular weight excluding hydrogens is 282 g/mol. The lowest BCUT2D eigenvalue weighted by atomic mass is 9.89. The third kappa shape index (κ3) is 3.53. The molecule has 1 aromatic heterocycles. The van der Waals surface area contributed by atoms with Gasteiger partial charge in [0.15, 0.2) is 0 Å². The Morgan fingerprint density at radius 3 is 2.65 bits per heavy atom. The van der Waals surface area contributed by atoms with Crippen LogP contribution in [0.3, 0.4) is 0 Å². The van der Waals surface area contributed by atoms with Gasteiger partial charge in [0.25, 0.3) is 0 Å². The number of methoxy groups -OCH3 is 1. The fourth-order valence-corrected chi connectivity index (χ4v) is 2.28. The minimum Gasteiger partial charge on any atom is -0.383 e. The minimum absolute atomic E-state index is 0.0104. The highest BCUT2D eigenvalue weighted by Gasteiger charge is 2.23. The number of nitrogens with zero attached hydrogens (tertiary/aromatic N) is 2. The average Bonchev–Trinajstić information content (AvgIpc) is 2.65. The second-order valence-corrected chi connectivity index (χ2v) is 5.58. The zero-order chi connectivity index (χ0) is 13.0. The maximum atomic E-state index is 6.33. The summed E-state index contributed by atoms with van der Waals surface area (Å²) in [6, 6.07) is -0.0104. The number of halogens is 1. The average molecular weight is 304 g/mol. The summed E-state index contributed by atoms with van der Waals surface area (Å²) in [6.07, 6.45) is 1.80. The molecule has 0 fully saturated rings. The second-order valence-electron chi connectivity index (χ2n) is 4.72. The van der Waals surface area contributed by atoms with E-state index < -0.39 is 0 Å². The first-order chi connectivity index (χ1) is 7.99. The largest absolute Gasteiger partial charge is 0.383 e. The quantitative estimate of drug-likeness (QED) is 0.879. The first kappa shape index (κ1) is 14.7. The fourth-order valence-electron chi connectivity index (χ4n) is 1.72. The fraction of sp³-hybridized carbons (Fsp3) is 0.750. The van der Waals surface area contributed by atoms with Gasteiger partial charge < -0.3 is 10.5 Å². The van der Waals surface area contributed by atoms with Crippen LogP contribution in [0.2, 0.25) is 0 Å². The van der Waals surface area contributed by atoms with Crippen molar-refractivity contribution in [2.24, 2.45) is 17.6 Å². The minimum atomic E-state index is -0.0104. The molecule has 1 aromatic rings. The molecule has 1 heterocycles. The summed E-state index contributed by atoms with van der Waals surface area (Å²) >= 11 is 3.52. The highest BCUT2D eigenvalue weighted by atomic mass is 79.9. The Hall–Kier alpha value is -0.390. The van der Waals surface area contributed by atoms with Gasteiger partial charge in [-0.2, -0.15) is 5.10 Å². The Morgan fingerprint density at radius 2 is 2.12 bits per heavy atom. The first-order valence-corrected chi connectivity index (χ1v) is 6.74. The Bertz CT molecular complexity index is 352. The van der Waals surface area contributed by atoms with Crippen LogP contribution < -0.4 is 5.73 Å². The molecular formula is C12H22BrN3O. The Morgan fingerprint density at radius 1 is 1.47 bits per heavy atom. The van der Waals surface area contributed by atoms with Gasteiger partial charge in [0.1, 0.15) is 0 Å². The van der Waals surface area contributed by atoms with E-state index >= 15 is 0 Å². The van der Waals surface area contributed by atoms with Gasteiger partial charge >= 0.3 is 0 Å². The van der Waals surface area contributed by atoms with E-state index in [9.17, 15) is 0 Å². The lowest BCUT2D eigenvalue weighted by Gasteiger charge is -2.24. The van der Waals surface area contributed by atoms with E-state index in [1.807, 2.05) is 4.68 Å². The highest BCUT2D eigenvalue weighted by Crippen LogP contribution is 2.30. The van der Waals surface area contributed by atoms with Crippen LogP contribution in [0.4, 0.5) is 0 Å². The molecule has 1 rings (SSSR count). The molecule has 0 saturated carbocycles. The molecule has 0 aliphatic carbocycles. The molecule has 98 valence electrons. The van der Waals surface area contributed by atoms with Crippen LogP contribution in [0, 0.1) is 11.8 Å². The number of hydrogen-bond donors (Lipinski definition) is 1. The molecule has 2 N–H and O–H groups in total. The second kappa shape index (κ2) is 6.52. The normalized spacial score (nSPS) is 15.2. The van der Waals surface area contributed by atoms with Gasteiger partial charge in [-0.15, -0.1) is 0 Å². The topological polar surface area (TPSA) is 53.1 Å². The SMILES string of the molecule is COCCn1ncc(Br)c1C(N)C(C)C(C)C. The molecule has 0 radical (unpaired) electrons. The first-order valence-electron chi connectivity index (χ1n) is 5.94. The molecule has 0 spiro atoms. The Balaban J connectivity index is 2.91. The number of rotatable bonds is 6. The lowest BCUT2D eigenvalue weighted by molar-refractivity contribution is 0.180. The molecule has 5 heteroatoms. The predicted octanol–water partition coefficient (Wildman–Crippen LogP) is 2.58. The number of hydrogen-bond acceptors (Lipinski definition) is 3. The zero-order valence-electron chi connectivity index (χ0n) is 11.0. The Labute approximate surface area is 112 Å². The standard InChI is InChI=1S/C12H22BrN3O/c1-8(2)9(3)11(14)12-10(13)7-15-16(12)5-6-17-4/h7-9,11H,5-6,14H2,1-4H3. The maximum Gasteiger partial charge on any atom is 0.0697 e. The van der Waals surface area contributed by atoms with Crippen molar-refractivity contribution in [3.8, 4) is 0 Å². The van der Waals surface area contributed by atoms with E-state index in [2.05, 4.69) is 41.8 Å². The van der Waals surface area contributed by atoms with Crippen molar-refractivity contribution >= 4 is 15.9 Å². The van der Waals surface area contributed by atoms with Crippen molar-refractivity contribution in [1.82, 2.24) is 9.78 Å². The van der Waals surface area contributed by atoms with Crippen LogP contribution in [0.15, 0.2) is 10.7 Å². The maximum absolute atomic E-state index is 6.33. The van der Waals surface area contributed by atoms with E-state index in [1.54, 1.807) is 13.3 Å². The van der Waals surface area contributed by atoms with Crippen molar-refractivity contribution in [3.63, 3.8) is 0 Å². The summed E-state index contributed by atoms with van der Waals surface area (Å²) in [4.78, 5) is 0. The number of aromatic nitrogens is 2. The summed E-state index contributed by atoms with van der Waals surface area (Å²) in [6.45, 7) is 7.93. The smallest absolute Gasteiger partial charge is 0.0697 e. The number of ether oxygens (including phenoxy) is 1. The van der Waals surface area contributed by atoms with Crippen LogP contribution in [0.5, 0.6) is 0 Å². The van der Waals surface area contributed by atoms with Crippen molar-refractivity contribution < 1.29 is 4.74 Å². The number of nitrogens with two attached hydrogens (primary N) is 1. The Kier molecular flexibility index (Phi) is 5.62. The van der Waals surface area contributed by atoms with E-state index in [0.29, 0.717) is 18.4 Å². The van der Waals surface area contributed by atoms with E-state index in [0.717, 1.165) is 16.7 Å². The molecule has 0 bridgehead atoms. The molecule has 2 atom stereocenters. The van der Waals surface area contributed by atoms with Crippen LogP contribution in [0.25, 0.3) is 0 Å². The third-order valence-corrected chi connectivity index (χ3v) is 3.89. The summed E-state index contributed by atoms with van der Waals surface area (Å²) < 4.78 is 7.99. The molecule has 4 nitrogen and oxygen atoms in total. The van der Waals surface area contributed by atoms with Gasteiger partial charge in [-0.3, -0.25) is 4.68 Å². The molecule has 0 aliphatic rings. The summed E-state index contributed by atoms with van der Waals surface area (Å²) in [5, 5.41) is 4.33. The van der Waals surface area contributed by atoms with E-state index in [1.165, 1.54) is 0 Å². The lowest BCUT2D eigenvalue weighted by Crippen LogP contribution is -2.27. The highest BCUT2D eigenvalue weighted by molar-refractivity contribution is 9.10. The van der Waals surface area contributed by atoms with Crippen molar-refractivity contribution in [2.75, 3.05) is 13.7 Å². The van der Waals surface area contributed by atoms with Gasteiger partial charge in [-0.05, 0) is 27.8 Å². The van der Waals surface area contributed by atoms with Crippen molar-refractivity contribution in [3.05, 3.63) is 16.4 Å². The monoisotopic (exact) mass is 303 g/mol. The molecule has 0 saturated heterocycles. The summed E-state index contributed by atoms with van der Waals surface area (Å²) in [7, 11) is 1.69. The van der Waals surface area contributed by atoms with Gasteiger partial charge in [0.05, 0.1) is 35.6 Å². The molecule has 2 unspecified atom stereocenters. The molecule has 0 amide bonds. The van der Waals surface area contributed by atoms with Crippen molar-refractivity contribution in [2.45, 2.75) is 33.4 Å². The third-order valence-electron chi connectivity index (χ3n) is 3.27. The molecule has 0 aliphatic heterocycles. The van der Waals surface area contributed by atoms with Crippen LogP contribution in [-0.4, -0.2) is 23.5 Å². The van der Waals surface area contributed by atoms with Gasteiger partial charge in [-0.1, -0.05) is 20.8 Å². The van der Waals surface area contributed by atoms with Crippen LogP contribution in [-0.2, 0) is 11.3 Å². The van der Waals surface area contributed by atoms with Crippen LogP contribution >= 0.6 is 15.9 Å². The summed E-state index contributed by atoms with van der Waals surface area (Å²) in [5.74, 6) is 0.951. The molecule has 0 aromatic carbocycles. The van der Waals surface area contributed by atoms with Crippen LogP contribution in [0.1, 0.15) is 32.5 Å².